The summed E-state index contributed by atoms with van der Waals surface area (Å²) in [6.45, 7) is 0.302. The molecule has 0 fully saturated rings. The highest BCUT2D eigenvalue weighted by Gasteiger charge is 2.24. The molecule has 0 saturated carbocycles. The van der Waals surface area contributed by atoms with Crippen LogP contribution in [0.15, 0.2) is 42.8 Å². The van der Waals surface area contributed by atoms with Crippen molar-refractivity contribution in [3.63, 3.8) is 0 Å². The molecule has 1 aromatic heterocycles. The van der Waals surface area contributed by atoms with E-state index in [1.165, 1.54) is 21.7 Å². The summed E-state index contributed by atoms with van der Waals surface area (Å²) < 4.78 is 28.0. The molecule has 0 spiro atoms. The Labute approximate surface area is 143 Å². The third kappa shape index (κ3) is 3.64. The number of halogens is 3. The average molecular weight is 460 g/mol. The van der Waals surface area contributed by atoms with Crippen molar-refractivity contribution in [2.45, 2.75) is 11.4 Å². The van der Waals surface area contributed by atoms with Crippen LogP contribution >= 0.6 is 54.8 Å². The van der Waals surface area contributed by atoms with Crippen LogP contribution < -0.4 is 0 Å². The Hall–Kier alpha value is 0.0800. The molecular weight excluding hydrogens is 450 g/mol. The fourth-order valence-corrected chi connectivity index (χ4v) is 4.99. The quantitative estimate of drug-likeness (QED) is 0.662. The molecule has 0 aliphatic carbocycles. The molecule has 0 amide bonds. The molecule has 0 unspecified atom stereocenters. The molecule has 1 aromatic carbocycles. The van der Waals surface area contributed by atoms with Crippen molar-refractivity contribution in [1.82, 2.24) is 4.31 Å². The van der Waals surface area contributed by atoms with E-state index >= 15 is 0 Å². The van der Waals surface area contributed by atoms with E-state index in [0.717, 1.165) is 13.8 Å². The van der Waals surface area contributed by atoms with Gasteiger partial charge in [-0.3, -0.25) is 0 Å². The van der Waals surface area contributed by atoms with Crippen LogP contribution in [0.3, 0.4) is 0 Å². The van der Waals surface area contributed by atoms with Crippen LogP contribution in [0, 0.1) is 0 Å². The monoisotopic (exact) mass is 457 g/mol. The van der Waals surface area contributed by atoms with Gasteiger partial charge >= 0.3 is 0 Å². The topological polar surface area (TPSA) is 37.4 Å². The molecule has 0 bridgehead atoms. The lowest BCUT2D eigenvalue weighted by atomic mass is 10.3. The largest absolute Gasteiger partial charge is 0.244 e. The Kier molecular flexibility index (Phi) is 5.31. The average Bonchev–Trinajstić information content (AvgIpc) is 2.74. The number of sulfonamides is 1. The molecule has 0 radical (unpaired) electrons. The molecular formula is C12H10Br2ClNO2S2. The van der Waals surface area contributed by atoms with Gasteiger partial charge in [-0.1, -0.05) is 27.5 Å². The van der Waals surface area contributed by atoms with E-state index < -0.39 is 10.0 Å². The molecule has 0 N–H and O–H groups in total. The molecule has 0 aliphatic heterocycles. The first-order valence-electron chi connectivity index (χ1n) is 5.45. The van der Waals surface area contributed by atoms with Crippen LogP contribution in [0.4, 0.5) is 0 Å². The molecule has 108 valence electrons. The van der Waals surface area contributed by atoms with Crippen LogP contribution in [0.25, 0.3) is 0 Å². The second-order valence-corrected chi connectivity index (χ2v) is 9.72. The van der Waals surface area contributed by atoms with Crippen molar-refractivity contribution in [2.75, 3.05) is 7.05 Å². The molecule has 8 heteroatoms. The first-order chi connectivity index (χ1) is 9.30. The highest BCUT2D eigenvalue weighted by Crippen LogP contribution is 2.29. The number of benzene rings is 1. The summed E-state index contributed by atoms with van der Waals surface area (Å²) in [6, 6.07) is 6.64. The maximum atomic E-state index is 12.5. The third-order valence-electron chi connectivity index (χ3n) is 2.61. The number of hydrogen-bond acceptors (Lipinski definition) is 3. The highest BCUT2D eigenvalue weighted by atomic mass is 79.9. The first-order valence-corrected chi connectivity index (χ1v) is 9.73. The minimum atomic E-state index is -3.61. The van der Waals surface area contributed by atoms with Gasteiger partial charge in [0.15, 0.2) is 0 Å². The van der Waals surface area contributed by atoms with Crippen molar-refractivity contribution in [3.8, 4) is 0 Å². The molecule has 20 heavy (non-hydrogen) atoms. The van der Waals surface area contributed by atoms with Gasteiger partial charge in [0.25, 0.3) is 0 Å². The van der Waals surface area contributed by atoms with Crippen LogP contribution in [0.1, 0.15) is 5.56 Å². The second-order valence-electron chi connectivity index (χ2n) is 4.09. The van der Waals surface area contributed by atoms with Gasteiger partial charge in [-0.05, 0) is 51.1 Å². The lowest BCUT2D eigenvalue weighted by Crippen LogP contribution is -2.26. The lowest BCUT2D eigenvalue weighted by molar-refractivity contribution is 0.467. The van der Waals surface area contributed by atoms with Crippen molar-refractivity contribution in [3.05, 3.63) is 48.5 Å². The summed E-state index contributed by atoms with van der Waals surface area (Å²) in [5, 5.41) is 2.12. The van der Waals surface area contributed by atoms with Crippen LogP contribution in [-0.2, 0) is 16.6 Å². The first kappa shape index (κ1) is 16.5. The Balaban J connectivity index is 2.29. The molecule has 0 aliphatic rings. The minimum absolute atomic E-state index is 0.110. The molecule has 0 atom stereocenters. The Bertz CT molecular complexity index is 731. The second kappa shape index (κ2) is 6.46. The predicted molar refractivity (Wildman–Crippen MR) is 89.8 cm³/mol. The van der Waals surface area contributed by atoms with Crippen molar-refractivity contribution < 1.29 is 8.42 Å². The summed E-state index contributed by atoms with van der Waals surface area (Å²) >= 11 is 14.2. The summed E-state index contributed by atoms with van der Waals surface area (Å²) in [4.78, 5) is 0.110. The molecule has 1 heterocycles. The fourth-order valence-electron chi connectivity index (χ4n) is 1.62. The fraction of sp³-hybridized carbons (Fsp3) is 0.167. The zero-order chi connectivity index (χ0) is 14.9. The highest BCUT2D eigenvalue weighted by molar-refractivity contribution is 9.11. The maximum absolute atomic E-state index is 12.5. The van der Waals surface area contributed by atoms with E-state index in [4.69, 9.17) is 11.6 Å². The standard InChI is InChI=1S/C12H10Br2ClNO2S2/c1-16(6-8-4-12(14)19-7-8)20(17,18)11-3-2-9(13)5-10(11)15/h2-5,7H,6H2,1H3. The molecule has 2 aromatic rings. The van der Waals surface area contributed by atoms with Crippen LogP contribution in [-0.4, -0.2) is 19.8 Å². The molecule has 2 rings (SSSR count). The van der Waals surface area contributed by atoms with Crippen molar-refractivity contribution in [2.24, 2.45) is 0 Å². The van der Waals surface area contributed by atoms with Crippen LogP contribution in [0.5, 0.6) is 0 Å². The van der Waals surface area contributed by atoms with Crippen molar-refractivity contribution >= 4 is 64.8 Å². The predicted octanol–water partition coefficient (Wildman–Crippen LogP) is 4.75. The Morgan fingerprint density at radius 2 is 2.00 bits per heavy atom. The smallest absolute Gasteiger partial charge is 0.207 e. The van der Waals surface area contributed by atoms with Gasteiger partial charge in [0.2, 0.25) is 10.0 Å². The minimum Gasteiger partial charge on any atom is -0.207 e. The SMILES string of the molecule is CN(Cc1csc(Br)c1)S(=O)(=O)c1ccc(Br)cc1Cl. The number of rotatable bonds is 4. The van der Waals surface area contributed by atoms with E-state index in [9.17, 15) is 8.42 Å². The summed E-state index contributed by atoms with van der Waals surface area (Å²) in [6.07, 6.45) is 0. The zero-order valence-corrected chi connectivity index (χ0v) is 15.9. The van der Waals surface area contributed by atoms with E-state index in [-0.39, 0.29) is 9.92 Å². The normalized spacial score (nSPS) is 12.1. The molecule has 0 saturated heterocycles. The van der Waals surface area contributed by atoms with Gasteiger partial charge < -0.3 is 0 Å². The summed E-state index contributed by atoms with van der Waals surface area (Å²) in [5.74, 6) is 0. The Morgan fingerprint density at radius 1 is 1.30 bits per heavy atom. The Morgan fingerprint density at radius 3 is 2.55 bits per heavy atom. The van der Waals surface area contributed by atoms with E-state index in [1.54, 1.807) is 19.2 Å². The van der Waals surface area contributed by atoms with Gasteiger partial charge in [-0.15, -0.1) is 11.3 Å². The zero-order valence-electron chi connectivity index (χ0n) is 10.3. The maximum Gasteiger partial charge on any atom is 0.244 e. The lowest BCUT2D eigenvalue weighted by Gasteiger charge is -2.17. The number of nitrogens with zero attached hydrogens (tertiary/aromatic N) is 1. The van der Waals surface area contributed by atoms with Gasteiger partial charge in [0.05, 0.1) is 8.81 Å². The van der Waals surface area contributed by atoms with Gasteiger partial charge in [-0.25, -0.2) is 8.42 Å². The summed E-state index contributed by atoms with van der Waals surface area (Å²) in [5.41, 5.74) is 0.932. The summed E-state index contributed by atoms with van der Waals surface area (Å²) in [7, 11) is -2.06. The van der Waals surface area contributed by atoms with Crippen molar-refractivity contribution in [1.29, 1.82) is 0 Å². The number of hydrogen-bond donors (Lipinski definition) is 0. The van der Waals surface area contributed by atoms with Gasteiger partial charge in [-0.2, -0.15) is 4.31 Å². The van der Waals surface area contributed by atoms with E-state index in [2.05, 4.69) is 31.9 Å². The van der Waals surface area contributed by atoms with Gasteiger partial charge in [0.1, 0.15) is 4.90 Å². The van der Waals surface area contributed by atoms with E-state index in [1.807, 2.05) is 11.4 Å². The van der Waals surface area contributed by atoms with Crippen LogP contribution in [0.2, 0.25) is 5.02 Å². The number of thiophene rings is 1. The third-order valence-corrected chi connectivity index (χ3v) is 6.94. The van der Waals surface area contributed by atoms with E-state index in [0.29, 0.717) is 6.54 Å². The van der Waals surface area contributed by atoms with Gasteiger partial charge in [0, 0.05) is 18.1 Å². The molecule has 3 nitrogen and oxygen atoms in total.